The largest absolute Gasteiger partial charge is 0.378 e. The number of hydrogen-bond donors (Lipinski definition) is 1. The number of benzene rings is 1. The normalized spacial score (nSPS) is 23.7. The van der Waals surface area contributed by atoms with Crippen LogP contribution in [0.2, 0.25) is 0 Å². The fourth-order valence-electron chi connectivity index (χ4n) is 3.10. The Balaban J connectivity index is 2.02. The Labute approximate surface area is 120 Å². The SMILES string of the molecule is Cc1ccc(F)c(NC2CCC(C(C)(C)C)CC2)c1F. The zero-order chi connectivity index (χ0) is 14.9. The summed E-state index contributed by atoms with van der Waals surface area (Å²) in [6, 6.07) is 2.99. The second-order valence-electron chi connectivity index (χ2n) is 7.11. The summed E-state index contributed by atoms with van der Waals surface area (Å²) >= 11 is 0. The van der Waals surface area contributed by atoms with E-state index in [-0.39, 0.29) is 11.7 Å². The molecule has 1 aromatic rings. The zero-order valence-electron chi connectivity index (χ0n) is 12.9. The predicted octanol–water partition coefficient (Wildman–Crippen LogP) is 5.29. The summed E-state index contributed by atoms with van der Waals surface area (Å²) in [7, 11) is 0. The van der Waals surface area contributed by atoms with E-state index in [2.05, 4.69) is 26.1 Å². The van der Waals surface area contributed by atoms with Crippen LogP contribution in [0.4, 0.5) is 14.5 Å². The van der Waals surface area contributed by atoms with Gasteiger partial charge >= 0.3 is 0 Å². The van der Waals surface area contributed by atoms with Crippen LogP contribution in [-0.4, -0.2) is 6.04 Å². The van der Waals surface area contributed by atoms with E-state index in [1.54, 1.807) is 6.92 Å². The monoisotopic (exact) mass is 281 g/mol. The van der Waals surface area contributed by atoms with Gasteiger partial charge in [-0.3, -0.25) is 0 Å². The number of halogens is 2. The highest BCUT2D eigenvalue weighted by atomic mass is 19.1. The van der Waals surface area contributed by atoms with E-state index in [1.165, 1.54) is 12.1 Å². The number of anilines is 1. The van der Waals surface area contributed by atoms with Gasteiger partial charge in [-0.05, 0) is 55.6 Å². The molecule has 112 valence electrons. The Kier molecular flexibility index (Phi) is 4.36. The number of nitrogens with one attached hydrogen (secondary N) is 1. The highest BCUT2D eigenvalue weighted by molar-refractivity contribution is 5.49. The molecule has 3 heteroatoms. The van der Waals surface area contributed by atoms with Gasteiger partial charge in [-0.15, -0.1) is 0 Å². The van der Waals surface area contributed by atoms with Crippen LogP contribution < -0.4 is 5.32 Å². The van der Waals surface area contributed by atoms with E-state index >= 15 is 0 Å². The van der Waals surface area contributed by atoms with E-state index in [4.69, 9.17) is 0 Å². The van der Waals surface area contributed by atoms with Crippen molar-refractivity contribution in [1.29, 1.82) is 0 Å². The van der Waals surface area contributed by atoms with Crippen molar-refractivity contribution in [2.45, 2.75) is 59.4 Å². The van der Waals surface area contributed by atoms with Crippen molar-refractivity contribution >= 4 is 5.69 Å². The van der Waals surface area contributed by atoms with Crippen LogP contribution in [0, 0.1) is 29.9 Å². The maximum absolute atomic E-state index is 14.0. The van der Waals surface area contributed by atoms with Crippen molar-refractivity contribution in [3.05, 3.63) is 29.3 Å². The van der Waals surface area contributed by atoms with Crippen LogP contribution in [0.1, 0.15) is 52.0 Å². The predicted molar refractivity (Wildman–Crippen MR) is 79.9 cm³/mol. The Hall–Kier alpha value is -1.12. The van der Waals surface area contributed by atoms with Crippen molar-refractivity contribution in [3.63, 3.8) is 0 Å². The van der Waals surface area contributed by atoms with Crippen LogP contribution in [-0.2, 0) is 0 Å². The van der Waals surface area contributed by atoms with Gasteiger partial charge in [0.25, 0.3) is 0 Å². The molecule has 1 N–H and O–H groups in total. The minimum atomic E-state index is -0.494. The van der Waals surface area contributed by atoms with Crippen molar-refractivity contribution < 1.29 is 8.78 Å². The molecule has 0 atom stereocenters. The molecule has 0 unspecified atom stereocenters. The van der Waals surface area contributed by atoms with Crippen LogP contribution in [0.3, 0.4) is 0 Å². The summed E-state index contributed by atoms with van der Waals surface area (Å²) in [4.78, 5) is 0. The number of hydrogen-bond acceptors (Lipinski definition) is 1. The van der Waals surface area contributed by atoms with Gasteiger partial charge in [0, 0.05) is 6.04 Å². The Morgan fingerprint density at radius 2 is 1.65 bits per heavy atom. The number of rotatable bonds is 2. The van der Waals surface area contributed by atoms with Gasteiger partial charge in [0.1, 0.15) is 11.5 Å². The quantitative estimate of drug-likeness (QED) is 0.776. The third-order valence-corrected chi connectivity index (χ3v) is 4.58. The molecule has 1 aliphatic carbocycles. The first-order valence-corrected chi connectivity index (χ1v) is 7.50. The summed E-state index contributed by atoms with van der Waals surface area (Å²) < 4.78 is 27.7. The van der Waals surface area contributed by atoms with Crippen molar-refractivity contribution in [2.75, 3.05) is 5.32 Å². The van der Waals surface area contributed by atoms with Crippen molar-refractivity contribution in [2.24, 2.45) is 11.3 Å². The molecule has 1 aliphatic rings. The molecule has 1 aromatic carbocycles. The first-order valence-electron chi connectivity index (χ1n) is 7.50. The molecule has 0 aromatic heterocycles. The molecule has 1 saturated carbocycles. The molecular weight excluding hydrogens is 256 g/mol. The lowest BCUT2D eigenvalue weighted by Crippen LogP contribution is -2.32. The molecule has 1 fully saturated rings. The molecule has 2 rings (SSSR count). The fraction of sp³-hybridized carbons (Fsp3) is 0.647. The van der Waals surface area contributed by atoms with E-state index in [1.807, 2.05) is 0 Å². The van der Waals surface area contributed by atoms with Crippen LogP contribution >= 0.6 is 0 Å². The third-order valence-electron chi connectivity index (χ3n) is 4.58. The van der Waals surface area contributed by atoms with Gasteiger partial charge in [-0.25, -0.2) is 8.78 Å². The first kappa shape index (κ1) is 15.3. The lowest BCUT2D eigenvalue weighted by molar-refractivity contribution is 0.173. The molecule has 0 amide bonds. The van der Waals surface area contributed by atoms with Gasteiger partial charge in [0.2, 0.25) is 0 Å². The summed E-state index contributed by atoms with van der Waals surface area (Å²) in [5, 5.41) is 3.08. The van der Waals surface area contributed by atoms with Gasteiger partial charge < -0.3 is 5.32 Å². The minimum Gasteiger partial charge on any atom is -0.378 e. The summed E-state index contributed by atoms with van der Waals surface area (Å²) in [6.07, 6.45) is 4.20. The van der Waals surface area contributed by atoms with Crippen LogP contribution in [0.25, 0.3) is 0 Å². The first-order chi connectivity index (χ1) is 9.29. The fourth-order valence-corrected chi connectivity index (χ4v) is 3.10. The second-order valence-corrected chi connectivity index (χ2v) is 7.11. The Bertz CT molecular complexity index is 469. The van der Waals surface area contributed by atoms with E-state index in [0.717, 1.165) is 25.7 Å². The highest BCUT2D eigenvalue weighted by Gasteiger charge is 2.30. The second kappa shape index (κ2) is 5.71. The third kappa shape index (κ3) is 3.31. The standard InChI is InChI=1S/C17H25F2N/c1-11-5-10-14(18)16(15(11)19)20-13-8-6-12(7-9-13)17(2,3)4/h5,10,12-13,20H,6-9H2,1-4H3. The van der Waals surface area contributed by atoms with Crippen LogP contribution in [0.5, 0.6) is 0 Å². The molecule has 0 saturated heterocycles. The van der Waals surface area contributed by atoms with E-state index in [9.17, 15) is 8.78 Å². The minimum absolute atomic E-state index is 0.0456. The summed E-state index contributed by atoms with van der Waals surface area (Å²) in [6.45, 7) is 8.47. The average molecular weight is 281 g/mol. The van der Waals surface area contributed by atoms with E-state index in [0.29, 0.717) is 16.9 Å². The van der Waals surface area contributed by atoms with Crippen LogP contribution in [0.15, 0.2) is 12.1 Å². The van der Waals surface area contributed by atoms with Gasteiger partial charge in [0.15, 0.2) is 5.82 Å². The van der Waals surface area contributed by atoms with Crippen molar-refractivity contribution in [1.82, 2.24) is 0 Å². The maximum Gasteiger partial charge on any atom is 0.152 e. The van der Waals surface area contributed by atoms with Gasteiger partial charge in [-0.2, -0.15) is 0 Å². The molecule has 1 nitrogen and oxygen atoms in total. The molecule has 0 aliphatic heterocycles. The lowest BCUT2D eigenvalue weighted by atomic mass is 9.71. The summed E-state index contributed by atoms with van der Waals surface area (Å²) in [5.41, 5.74) is 0.853. The zero-order valence-corrected chi connectivity index (χ0v) is 12.9. The Morgan fingerprint density at radius 3 is 2.20 bits per heavy atom. The van der Waals surface area contributed by atoms with Gasteiger partial charge in [-0.1, -0.05) is 26.8 Å². The summed E-state index contributed by atoms with van der Waals surface area (Å²) in [5.74, 6) is -0.248. The molecule has 20 heavy (non-hydrogen) atoms. The smallest absolute Gasteiger partial charge is 0.152 e. The number of aryl methyl sites for hydroxylation is 1. The molecule has 0 radical (unpaired) electrons. The topological polar surface area (TPSA) is 12.0 Å². The molecule has 0 heterocycles. The lowest BCUT2D eigenvalue weighted by Gasteiger charge is -2.37. The van der Waals surface area contributed by atoms with Gasteiger partial charge in [0.05, 0.1) is 0 Å². The van der Waals surface area contributed by atoms with E-state index < -0.39 is 11.6 Å². The molecule has 0 spiro atoms. The molecular formula is C17H25F2N. The van der Waals surface area contributed by atoms with Crippen molar-refractivity contribution in [3.8, 4) is 0 Å². The molecule has 0 bridgehead atoms. The Morgan fingerprint density at radius 1 is 1.05 bits per heavy atom. The maximum atomic E-state index is 14.0. The average Bonchev–Trinajstić information content (AvgIpc) is 2.39. The highest BCUT2D eigenvalue weighted by Crippen LogP contribution is 2.38.